The average molecular weight is 446 g/mol. The Bertz CT molecular complexity index is 1190. The molecule has 6 heteroatoms. The summed E-state index contributed by atoms with van der Waals surface area (Å²) in [5, 5.41) is 0.631. The van der Waals surface area contributed by atoms with Crippen LogP contribution in [0.1, 0.15) is 27.9 Å². The van der Waals surface area contributed by atoms with Crippen molar-refractivity contribution in [2.45, 2.75) is 13.3 Å². The van der Waals surface area contributed by atoms with E-state index in [1.165, 1.54) is 0 Å². The van der Waals surface area contributed by atoms with Gasteiger partial charge in [-0.25, -0.2) is 4.99 Å². The maximum atomic E-state index is 13.0. The van der Waals surface area contributed by atoms with Crippen LogP contribution in [0, 0.1) is 6.92 Å². The fourth-order valence-corrected chi connectivity index (χ4v) is 4.30. The molecule has 3 aromatic carbocycles. The monoisotopic (exact) mass is 445 g/mol. The van der Waals surface area contributed by atoms with Gasteiger partial charge in [-0.1, -0.05) is 29.8 Å². The maximum Gasteiger partial charge on any atom is 0.253 e. The lowest BCUT2D eigenvalue weighted by atomic mass is 10.1. The molecule has 0 aromatic heterocycles. The van der Waals surface area contributed by atoms with Crippen LogP contribution in [-0.2, 0) is 0 Å². The number of aliphatic imine (C=N–C) groups is 1. The molecule has 0 bridgehead atoms. The smallest absolute Gasteiger partial charge is 0.253 e. The minimum absolute atomic E-state index is 0.0378. The number of halogens is 1. The predicted octanol–water partition coefficient (Wildman–Crippen LogP) is 5.68. The maximum absolute atomic E-state index is 13.0. The van der Waals surface area contributed by atoms with Gasteiger partial charge < -0.3 is 14.5 Å². The Balaban J connectivity index is 1.43. The fourth-order valence-electron chi connectivity index (χ4n) is 4.18. The molecular formula is C26H24ClN3O2. The number of carbonyl (C=O) groups is 1. The number of rotatable bonds is 1. The van der Waals surface area contributed by atoms with E-state index in [0.717, 1.165) is 47.1 Å². The van der Waals surface area contributed by atoms with Crippen molar-refractivity contribution in [1.29, 1.82) is 0 Å². The number of nitrogens with zero attached hydrogens (tertiary/aromatic N) is 3. The summed E-state index contributed by atoms with van der Waals surface area (Å²) in [5.74, 6) is 2.50. The van der Waals surface area contributed by atoms with E-state index in [2.05, 4.69) is 11.0 Å². The van der Waals surface area contributed by atoms with E-state index in [1.807, 2.05) is 48.2 Å². The normalized spacial score (nSPS) is 15.6. The molecule has 1 saturated heterocycles. The van der Waals surface area contributed by atoms with Crippen LogP contribution in [0.2, 0.25) is 5.02 Å². The third-order valence-electron chi connectivity index (χ3n) is 5.86. The molecule has 0 saturated carbocycles. The molecule has 2 aliphatic heterocycles. The minimum atomic E-state index is 0.0378. The lowest BCUT2D eigenvalue weighted by Gasteiger charge is -2.25. The SMILES string of the molecule is Cc1ccc2c(c1)Oc1ccccc1C(N1CCCN(C(=O)c3ccc(Cl)cc3)CC1)=N2. The van der Waals surface area contributed by atoms with Crippen LogP contribution in [0.15, 0.2) is 71.7 Å². The van der Waals surface area contributed by atoms with Gasteiger partial charge in [0.15, 0.2) is 5.75 Å². The van der Waals surface area contributed by atoms with Crippen molar-refractivity contribution in [3.63, 3.8) is 0 Å². The minimum Gasteiger partial charge on any atom is -0.454 e. The number of fused-ring (bicyclic) bond motifs is 2. The highest BCUT2D eigenvalue weighted by Crippen LogP contribution is 2.38. The zero-order valence-electron chi connectivity index (χ0n) is 17.9. The Hall–Kier alpha value is -3.31. The first kappa shape index (κ1) is 20.6. The average Bonchev–Trinajstić information content (AvgIpc) is 3.13. The quantitative estimate of drug-likeness (QED) is 0.484. The Labute approximate surface area is 192 Å². The molecular weight excluding hydrogens is 422 g/mol. The number of ether oxygens (including phenoxy) is 1. The lowest BCUT2D eigenvalue weighted by molar-refractivity contribution is 0.0764. The van der Waals surface area contributed by atoms with Gasteiger partial charge in [-0.05, 0) is 67.4 Å². The molecule has 1 amide bonds. The molecule has 0 aliphatic carbocycles. The van der Waals surface area contributed by atoms with Gasteiger partial charge in [0.1, 0.15) is 17.3 Å². The van der Waals surface area contributed by atoms with Crippen LogP contribution in [0.4, 0.5) is 5.69 Å². The zero-order valence-corrected chi connectivity index (χ0v) is 18.7. The number of benzene rings is 3. The molecule has 5 rings (SSSR count). The number of amidine groups is 1. The Kier molecular flexibility index (Phi) is 5.58. The van der Waals surface area contributed by atoms with Gasteiger partial charge in [-0.3, -0.25) is 4.79 Å². The number of aryl methyl sites for hydroxylation is 1. The summed E-state index contributed by atoms with van der Waals surface area (Å²) in [7, 11) is 0. The van der Waals surface area contributed by atoms with Crippen molar-refractivity contribution in [1.82, 2.24) is 9.80 Å². The second-order valence-corrected chi connectivity index (χ2v) is 8.58. The number of para-hydroxylation sites is 1. The van der Waals surface area contributed by atoms with Crippen LogP contribution < -0.4 is 4.74 Å². The number of hydrogen-bond acceptors (Lipinski definition) is 4. The summed E-state index contributed by atoms with van der Waals surface area (Å²) in [4.78, 5) is 22.2. The van der Waals surface area contributed by atoms with Gasteiger partial charge in [-0.2, -0.15) is 0 Å². The predicted molar refractivity (Wildman–Crippen MR) is 127 cm³/mol. The van der Waals surface area contributed by atoms with Crippen molar-refractivity contribution in [2.75, 3.05) is 26.2 Å². The summed E-state index contributed by atoms with van der Waals surface area (Å²) >= 11 is 5.98. The van der Waals surface area contributed by atoms with E-state index in [-0.39, 0.29) is 5.91 Å². The first-order chi connectivity index (χ1) is 15.6. The molecule has 162 valence electrons. The molecule has 3 aromatic rings. The molecule has 0 atom stereocenters. The van der Waals surface area contributed by atoms with Crippen molar-refractivity contribution in [3.8, 4) is 11.5 Å². The summed E-state index contributed by atoms with van der Waals surface area (Å²) in [5.41, 5.74) is 3.59. The van der Waals surface area contributed by atoms with E-state index in [9.17, 15) is 4.79 Å². The van der Waals surface area contributed by atoms with Crippen LogP contribution in [0.3, 0.4) is 0 Å². The zero-order chi connectivity index (χ0) is 22.1. The highest BCUT2D eigenvalue weighted by atomic mass is 35.5. The third kappa shape index (κ3) is 4.08. The largest absolute Gasteiger partial charge is 0.454 e. The van der Waals surface area contributed by atoms with Gasteiger partial charge in [-0.15, -0.1) is 0 Å². The number of hydrogen-bond donors (Lipinski definition) is 0. The molecule has 0 spiro atoms. The van der Waals surface area contributed by atoms with Crippen LogP contribution >= 0.6 is 11.6 Å². The van der Waals surface area contributed by atoms with Gasteiger partial charge in [0.25, 0.3) is 5.91 Å². The molecule has 1 fully saturated rings. The second kappa shape index (κ2) is 8.67. The van der Waals surface area contributed by atoms with Gasteiger partial charge in [0, 0.05) is 36.8 Å². The Morgan fingerprint density at radius 3 is 2.59 bits per heavy atom. The summed E-state index contributed by atoms with van der Waals surface area (Å²) in [6.07, 6.45) is 0.863. The molecule has 0 N–H and O–H groups in total. The van der Waals surface area contributed by atoms with Crippen molar-refractivity contribution >= 4 is 29.0 Å². The summed E-state index contributed by atoms with van der Waals surface area (Å²) in [6.45, 7) is 4.90. The molecule has 2 aliphatic rings. The highest BCUT2D eigenvalue weighted by molar-refractivity contribution is 6.30. The van der Waals surface area contributed by atoms with Crippen molar-refractivity contribution in [2.24, 2.45) is 4.99 Å². The van der Waals surface area contributed by atoms with E-state index in [4.69, 9.17) is 21.3 Å². The Morgan fingerprint density at radius 2 is 1.75 bits per heavy atom. The molecule has 0 radical (unpaired) electrons. The number of carbonyl (C=O) groups excluding carboxylic acids is 1. The van der Waals surface area contributed by atoms with Gasteiger partial charge in [0.05, 0.1) is 5.56 Å². The number of amides is 1. The van der Waals surface area contributed by atoms with Crippen LogP contribution in [0.25, 0.3) is 0 Å². The van der Waals surface area contributed by atoms with E-state index >= 15 is 0 Å². The summed E-state index contributed by atoms with van der Waals surface area (Å²) in [6, 6.07) is 21.2. The van der Waals surface area contributed by atoms with Gasteiger partial charge in [0.2, 0.25) is 0 Å². The molecule has 0 unspecified atom stereocenters. The first-order valence-corrected chi connectivity index (χ1v) is 11.2. The fraction of sp³-hybridized carbons (Fsp3) is 0.231. The van der Waals surface area contributed by atoms with Crippen molar-refractivity contribution < 1.29 is 9.53 Å². The first-order valence-electron chi connectivity index (χ1n) is 10.8. The highest BCUT2D eigenvalue weighted by Gasteiger charge is 2.26. The van der Waals surface area contributed by atoms with E-state index < -0.39 is 0 Å². The third-order valence-corrected chi connectivity index (χ3v) is 6.12. The summed E-state index contributed by atoms with van der Waals surface area (Å²) < 4.78 is 6.25. The lowest BCUT2D eigenvalue weighted by Crippen LogP contribution is -2.37. The van der Waals surface area contributed by atoms with Crippen LogP contribution in [0.5, 0.6) is 11.5 Å². The van der Waals surface area contributed by atoms with E-state index in [0.29, 0.717) is 30.2 Å². The molecule has 5 nitrogen and oxygen atoms in total. The van der Waals surface area contributed by atoms with Gasteiger partial charge >= 0.3 is 0 Å². The second-order valence-electron chi connectivity index (χ2n) is 8.14. The van der Waals surface area contributed by atoms with E-state index in [1.54, 1.807) is 24.3 Å². The molecule has 32 heavy (non-hydrogen) atoms. The topological polar surface area (TPSA) is 45.1 Å². The molecule has 2 heterocycles. The standard InChI is InChI=1S/C26H24ClN3O2/c1-18-7-12-22-24(17-18)32-23-6-3-2-5-21(23)25(28-22)29-13-4-14-30(16-15-29)26(31)19-8-10-20(27)11-9-19/h2-3,5-12,17H,4,13-16H2,1H3. The van der Waals surface area contributed by atoms with Crippen LogP contribution in [-0.4, -0.2) is 47.7 Å². The van der Waals surface area contributed by atoms with Crippen molar-refractivity contribution in [3.05, 3.63) is 88.4 Å². The Morgan fingerprint density at radius 1 is 0.938 bits per heavy atom.